The van der Waals surface area contributed by atoms with Gasteiger partial charge in [0, 0.05) is 25.0 Å². The molecule has 1 aromatic rings. The summed E-state index contributed by atoms with van der Waals surface area (Å²) in [5.74, 6) is 1.03. The van der Waals surface area contributed by atoms with Gasteiger partial charge >= 0.3 is 0 Å². The maximum Gasteiger partial charge on any atom is 0.120 e. The predicted octanol–water partition coefficient (Wildman–Crippen LogP) is 1.93. The second-order valence-electron chi connectivity index (χ2n) is 5.27. The number of imidazole rings is 1. The fraction of sp³-hybridized carbons (Fsp3) is 0.643. The number of allylic oxidation sites excluding steroid dienone is 1. The van der Waals surface area contributed by atoms with Gasteiger partial charge in [0.1, 0.15) is 5.82 Å². The number of nitrogens with zero attached hydrogens (tertiary/aromatic N) is 2. The molecule has 0 aliphatic carbocycles. The van der Waals surface area contributed by atoms with Crippen LogP contribution in [0, 0.1) is 0 Å². The number of piperidine rings is 1. The first-order valence-corrected chi connectivity index (χ1v) is 6.81. The molecule has 1 saturated heterocycles. The van der Waals surface area contributed by atoms with E-state index in [-0.39, 0.29) is 0 Å². The van der Waals surface area contributed by atoms with Crippen LogP contribution in [0.2, 0.25) is 0 Å². The molecule has 4 nitrogen and oxygen atoms in total. The standard InChI is InChI=1S/C14H24N4/c1-12(2)3-8-18-9-4-13(5-10-18)17-11-14-15-6-7-16-14/h3,6-7,13,17H,4-5,8-11H2,1-2H3,(H,15,16). The molecule has 1 fully saturated rings. The van der Waals surface area contributed by atoms with Crippen LogP contribution in [0.4, 0.5) is 0 Å². The van der Waals surface area contributed by atoms with E-state index in [0.29, 0.717) is 6.04 Å². The van der Waals surface area contributed by atoms with E-state index in [2.05, 4.69) is 40.1 Å². The summed E-state index contributed by atoms with van der Waals surface area (Å²) in [4.78, 5) is 9.88. The summed E-state index contributed by atoms with van der Waals surface area (Å²) >= 11 is 0. The first-order chi connectivity index (χ1) is 8.74. The van der Waals surface area contributed by atoms with E-state index in [9.17, 15) is 0 Å². The first-order valence-electron chi connectivity index (χ1n) is 6.81. The van der Waals surface area contributed by atoms with Crippen LogP contribution < -0.4 is 5.32 Å². The van der Waals surface area contributed by atoms with Gasteiger partial charge in [-0.2, -0.15) is 0 Å². The second-order valence-corrected chi connectivity index (χ2v) is 5.27. The Labute approximate surface area is 109 Å². The predicted molar refractivity (Wildman–Crippen MR) is 74.3 cm³/mol. The molecule has 0 bridgehead atoms. The van der Waals surface area contributed by atoms with E-state index in [0.717, 1.165) is 18.9 Å². The van der Waals surface area contributed by atoms with Crippen LogP contribution in [0.3, 0.4) is 0 Å². The molecule has 2 rings (SSSR count). The molecule has 0 atom stereocenters. The van der Waals surface area contributed by atoms with E-state index in [1.165, 1.54) is 31.5 Å². The number of rotatable bonds is 5. The third-order valence-corrected chi connectivity index (χ3v) is 3.46. The van der Waals surface area contributed by atoms with Crippen LogP contribution in [-0.4, -0.2) is 40.5 Å². The first kappa shape index (κ1) is 13.3. The Morgan fingerprint density at radius 3 is 2.89 bits per heavy atom. The number of hydrogen-bond donors (Lipinski definition) is 2. The van der Waals surface area contributed by atoms with Crippen molar-refractivity contribution in [2.45, 2.75) is 39.3 Å². The van der Waals surface area contributed by atoms with Crippen LogP contribution in [0.25, 0.3) is 0 Å². The largest absolute Gasteiger partial charge is 0.348 e. The minimum absolute atomic E-state index is 0.637. The molecule has 18 heavy (non-hydrogen) atoms. The molecule has 2 heterocycles. The van der Waals surface area contributed by atoms with Crippen molar-refractivity contribution >= 4 is 0 Å². The number of likely N-dealkylation sites (tertiary alicyclic amines) is 1. The monoisotopic (exact) mass is 248 g/mol. The van der Waals surface area contributed by atoms with Crippen molar-refractivity contribution < 1.29 is 0 Å². The lowest BCUT2D eigenvalue weighted by Crippen LogP contribution is -2.42. The van der Waals surface area contributed by atoms with Gasteiger partial charge in [-0.3, -0.25) is 4.90 Å². The molecule has 4 heteroatoms. The van der Waals surface area contributed by atoms with Gasteiger partial charge in [0.25, 0.3) is 0 Å². The topological polar surface area (TPSA) is 44.0 Å². The molecule has 0 unspecified atom stereocenters. The van der Waals surface area contributed by atoms with Gasteiger partial charge in [0.05, 0.1) is 6.54 Å². The van der Waals surface area contributed by atoms with Gasteiger partial charge in [0.15, 0.2) is 0 Å². The quantitative estimate of drug-likeness (QED) is 0.783. The summed E-state index contributed by atoms with van der Waals surface area (Å²) in [6.45, 7) is 8.67. The molecule has 0 spiro atoms. The van der Waals surface area contributed by atoms with Crippen LogP contribution in [0.15, 0.2) is 24.0 Å². The van der Waals surface area contributed by atoms with Gasteiger partial charge in [-0.15, -0.1) is 0 Å². The van der Waals surface area contributed by atoms with Crippen molar-refractivity contribution in [1.82, 2.24) is 20.2 Å². The molecule has 2 N–H and O–H groups in total. The zero-order chi connectivity index (χ0) is 12.8. The highest BCUT2D eigenvalue weighted by atomic mass is 15.1. The van der Waals surface area contributed by atoms with Gasteiger partial charge in [0.2, 0.25) is 0 Å². The maximum atomic E-state index is 4.23. The van der Waals surface area contributed by atoms with Gasteiger partial charge in [-0.25, -0.2) is 4.98 Å². The Morgan fingerprint density at radius 2 is 2.28 bits per heavy atom. The van der Waals surface area contributed by atoms with Crippen molar-refractivity contribution in [3.63, 3.8) is 0 Å². The van der Waals surface area contributed by atoms with E-state index >= 15 is 0 Å². The van der Waals surface area contributed by atoms with Crippen molar-refractivity contribution in [1.29, 1.82) is 0 Å². The van der Waals surface area contributed by atoms with Gasteiger partial charge in [-0.1, -0.05) is 11.6 Å². The van der Waals surface area contributed by atoms with Crippen molar-refractivity contribution in [2.24, 2.45) is 0 Å². The lowest BCUT2D eigenvalue weighted by Gasteiger charge is -2.31. The van der Waals surface area contributed by atoms with E-state index < -0.39 is 0 Å². The van der Waals surface area contributed by atoms with E-state index in [4.69, 9.17) is 0 Å². The summed E-state index contributed by atoms with van der Waals surface area (Å²) in [5.41, 5.74) is 1.41. The molecule has 0 aromatic carbocycles. The lowest BCUT2D eigenvalue weighted by atomic mass is 10.0. The molecule has 100 valence electrons. The molecule has 1 aromatic heterocycles. The second kappa shape index (κ2) is 6.71. The minimum atomic E-state index is 0.637. The number of H-pyrrole nitrogens is 1. The fourth-order valence-corrected chi connectivity index (χ4v) is 2.27. The number of aromatic nitrogens is 2. The third kappa shape index (κ3) is 4.27. The molecule has 0 amide bonds. The number of aromatic amines is 1. The normalized spacial score (nSPS) is 17.9. The van der Waals surface area contributed by atoms with Crippen LogP contribution in [-0.2, 0) is 6.54 Å². The zero-order valence-corrected chi connectivity index (χ0v) is 11.4. The van der Waals surface area contributed by atoms with Crippen LogP contribution >= 0.6 is 0 Å². The molecule has 1 aliphatic rings. The van der Waals surface area contributed by atoms with Crippen molar-refractivity contribution in [3.8, 4) is 0 Å². The highest BCUT2D eigenvalue weighted by Crippen LogP contribution is 2.11. The Kier molecular flexibility index (Phi) is 4.96. The summed E-state index contributed by atoms with van der Waals surface area (Å²) in [6.07, 6.45) is 8.46. The Hall–Kier alpha value is -1.13. The van der Waals surface area contributed by atoms with E-state index in [1.54, 1.807) is 6.20 Å². The zero-order valence-electron chi connectivity index (χ0n) is 11.4. The molecular formula is C14H24N4. The number of nitrogens with one attached hydrogen (secondary N) is 2. The fourth-order valence-electron chi connectivity index (χ4n) is 2.27. The minimum Gasteiger partial charge on any atom is -0.348 e. The Bertz CT molecular complexity index is 357. The van der Waals surface area contributed by atoms with Gasteiger partial charge < -0.3 is 10.3 Å². The van der Waals surface area contributed by atoms with Crippen LogP contribution in [0.1, 0.15) is 32.5 Å². The average molecular weight is 248 g/mol. The molecular weight excluding hydrogens is 224 g/mol. The average Bonchev–Trinajstić information content (AvgIpc) is 2.88. The van der Waals surface area contributed by atoms with E-state index in [1.807, 2.05) is 6.20 Å². The summed E-state index contributed by atoms with van der Waals surface area (Å²) in [5, 5.41) is 3.57. The Morgan fingerprint density at radius 1 is 1.50 bits per heavy atom. The summed E-state index contributed by atoms with van der Waals surface area (Å²) < 4.78 is 0. The highest BCUT2D eigenvalue weighted by molar-refractivity contribution is 4.96. The number of hydrogen-bond acceptors (Lipinski definition) is 3. The van der Waals surface area contributed by atoms with Crippen LogP contribution in [0.5, 0.6) is 0 Å². The van der Waals surface area contributed by atoms with Gasteiger partial charge in [-0.05, 0) is 39.8 Å². The lowest BCUT2D eigenvalue weighted by molar-refractivity contribution is 0.214. The Balaban J connectivity index is 1.65. The SMILES string of the molecule is CC(C)=CCN1CCC(NCc2ncc[nH]2)CC1. The molecule has 0 radical (unpaired) electrons. The van der Waals surface area contributed by atoms with Crippen molar-refractivity contribution in [2.75, 3.05) is 19.6 Å². The third-order valence-electron chi connectivity index (χ3n) is 3.46. The maximum absolute atomic E-state index is 4.23. The highest BCUT2D eigenvalue weighted by Gasteiger charge is 2.17. The summed E-state index contributed by atoms with van der Waals surface area (Å²) in [7, 11) is 0. The molecule has 0 saturated carbocycles. The van der Waals surface area contributed by atoms with Crippen molar-refractivity contribution in [3.05, 3.63) is 29.9 Å². The summed E-state index contributed by atoms with van der Waals surface area (Å²) in [6, 6.07) is 0.637. The smallest absolute Gasteiger partial charge is 0.120 e. The molecule has 1 aliphatic heterocycles.